The van der Waals surface area contributed by atoms with Crippen LogP contribution in [0.3, 0.4) is 0 Å². The number of nitrogens with one attached hydrogen (secondary N) is 1. The summed E-state index contributed by atoms with van der Waals surface area (Å²) in [7, 11) is 0. The Labute approximate surface area is 130 Å². The van der Waals surface area contributed by atoms with E-state index in [0.29, 0.717) is 13.0 Å². The van der Waals surface area contributed by atoms with Crippen LogP contribution in [0.2, 0.25) is 0 Å². The Kier molecular flexibility index (Phi) is 4.99. The Morgan fingerprint density at radius 2 is 2.09 bits per heavy atom. The van der Waals surface area contributed by atoms with E-state index < -0.39 is 17.6 Å². The molecule has 1 amide bonds. The van der Waals surface area contributed by atoms with E-state index in [1.165, 1.54) is 18.2 Å². The van der Waals surface area contributed by atoms with Crippen molar-refractivity contribution in [3.05, 3.63) is 41.7 Å². The summed E-state index contributed by atoms with van der Waals surface area (Å²) in [5.41, 5.74) is 4.46. The van der Waals surface area contributed by atoms with Crippen molar-refractivity contribution in [1.82, 2.24) is 20.3 Å². The summed E-state index contributed by atoms with van der Waals surface area (Å²) in [5.74, 6) is -0.513. The average Bonchev–Trinajstić information content (AvgIpc) is 2.95. The zero-order valence-corrected chi connectivity index (χ0v) is 12.3. The van der Waals surface area contributed by atoms with Crippen LogP contribution in [0, 0.1) is 0 Å². The van der Waals surface area contributed by atoms with Gasteiger partial charge in [0.05, 0.1) is 17.4 Å². The number of rotatable bonds is 5. The van der Waals surface area contributed by atoms with Gasteiger partial charge >= 0.3 is 6.18 Å². The number of amides is 1. The average molecular weight is 327 g/mol. The summed E-state index contributed by atoms with van der Waals surface area (Å²) < 4.78 is 39.9. The molecular weight excluding hydrogens is 311 g/mol. The highest BCUT2D eigenvalue weighted by Crippen LogP contribution is 2.33. The minimum Gasteiger partial charge on any atom is -0.351 e. The van der Waals surface area contributed by atoms with E-state index in [2.05, 4.69) is 15.6 Å². The third-order valence-electron chi connectivity index (χ3n) is 3.07. The second kappa shape index (κ2) is 6.78. The van der Waals surface area contributed by atoms with Crippen molar-refractivity contribution in [2.75, 3.05) is 6.54 Å². The fraction of sp³-hybridized carbons (Fsp3) is 0.357. The first-order valence-electron chi connectivity index (χ1n) is 6.91. The number of hydrogen-bond donors (Lipinski definition) is 2. The van der Waals surface area contributed by atoms with Gasteiger partial charge in [-0.1, -0.05) is 17.3 Å². The molecule has 2 rings (SSSR count). The SMILES string of the molecule is CC(N)CCNC(=O)c1cn(-c2ccccc2C(F)(F)F)nn1. The molecule has 2 aromatic rings. The zero-order valence-electron chi connectivity index (χ0n) is 12.3. The van der Waals surface area contributed by atoms with Crippen LogP contribution in [0.4, 0.5) is 13.2 Å². The van der Waals surface area contributed by atoms with E-state index in [9.17, 15) is 18.0 Å². The number of aromatic nitrogens is 3. The van der Waals surface area contributed by atoms with Crippen molar-refractivity contribution in [2.45, 2.75) is 25.6 Å². The molecule has 23 heavy (non-hydrogen) atoms. The zero-order chi connectivity index (χ0) is 17.0. The molecule has 1 unspecified atom stereocenters. The molecule has 1 aromatic heterocycles. The van der Waals surface area contributed by atoms with Gasteiger partial charge in [0.15, 0.2) is 5.69 Å². The largest absolute Gasteiger partial charge is 0.418 e. The van der Waals surface area contributed by atoms with Gasteiger partial charge in [-0.05, 0) is 25.5 Å². The normalized spacial score (nSPS) is 12.9. The molecule has 9 heteroatoms. The van der Waals surface area contributed by atoms with Crippen molar-refractivity contribution in [1.29, 1.82) is 0 Å². The standard InChI is InChI=1S/C14H16F3N5O/c1-9(18)6-7-19-13(23)11-8-22(21-20-11)12-5-3-2-4-10(12)14(15,16)17/h2-5,8-9H,6-7,18H2,1H3,(H,19,23). The van der Waals surface area contributed by atoms with Crippen molar-refractivity contribution in [3.8, 4) is 5.69 Å². The van der Waals surface area contributed by atoms with Crippen LogP contribution in [0.1, 0.15) is 29.4 Å². The van der Waals surface area contributed by atoms with Gasteiger partial charge in [-0.15, -0.1) is 5.10 Å². The lowest BCUT2D eigenvalue weighted by atomic mass is 10.1. The molecule has 0 fully saturated rings. The molecule has 0 aliphatic carbocycles. The van der Waals surface area contributed by atoms with Gasteiger partial charge in [0.2, 0.25) is 0 Å². The third-order valence-corrected chi connectivity index (χ3v) is 3.07. The lowest BCUT2D eigenvalue weighted by molar-refractivity contribution is -0.137. The lowest BCUT2D eigenvalue weighted by Gasteiger charge is -2.11. The van der Waals surface area contributed by atoms with E-state index in [1.54, 1.807) is 6.92 Å². The van der Waals surface area contributed by atoms with E-state index >= 15 is 0 Å². The van der Waals surface area contributed by atoms with Gasteiger partial charge in [0.25, 0.3) is 5.91 Å². The summed E-state index contributed by atoms with van der Waals surface area (Å²) in [4.78, 5) is 11.9. The number of nitrogens with zero attached hydrogens (tertiary/aromatic N) is 3. The first kappa shape index (κ1) is 16.9. The monoisotopic (exact) mass is 327 g/mol. The Balaban J connectivity index is 2.19. The topological polar surface area (TPSA) is 85.8 Å². The van der Waals surface area contributed by atoms with Crippen molar-refractivity contribution >= 4 is 5.91 Å². The molecule has 0 aliphatic rings. The van der Waals surface area contributed by atoms with Crippen LogP contribution in [-0.2, 0) is 6.18 Å². The Bertz CT molecular complexity index is 681. The van der Waals surface area contributed by atoms with Crippen LogP contribution in [0.15, 0.2) is 30.5 Å². The van der Waals surface area contributed by atoms with E-state index in [-0.39, 0.29) is 17.4 Å². The maximum atomic E-state index is 13.0. The Morgan fingerprint density at radius 3 is 2.74 bits per heavy atom. The summed E-state index contributed by atoms with van der Waals surface area (Å²) in [5, 5.41) is 9.80. The predicted octanol–water partition coefficient (Wildman–Crippen LogP) is 1.75. The number of hydrogen-bond acceptors (Lipinski definition) is 4. The highest BCUT2D eigenvalue weighted by atomic mass is 19.4. The van der Waals surface area contributed by atoms with Crippen molar-refractivity contribution < 1.29 is 18.0 Å². The number of halogens is 3. The molecular formula is C14H16F3N5O. The maximum absolute atomic E-state index is 13.0. The van der Waals surface area contributed by atoms with Crippen molar-refractivity contribution in [3.63, 3.8) is 0 Å². The van der Waals surface area contributed by atoms with Crippen LogP contribution in [0.5, 0.6) is 0 Å². The van der Waals surface area contributed by atoms with Crippen molar-refractivity contribution in [2.24, 2.45) is 5.73 Å². The summed E-state index contributed by atoms with van der Waals surface area (Å²) in [6.45, 7) is 2.15. The van der Waals surface area contributed by atoms with Gasteiger partial charge in [0, 0.05) is 12.6 Å². The summed E-state index contributed by atoms with van der Waals surface area (Å²) >= 11 is 0. The third kappa shape index (κ3) is 4.28. The van der Waals surface area contributed by atoms with Crippen LogP contribution < -0.4 is 11.1 Å². The predicted molar refractivity (Wildman–Crippen MR) is 77.0 cm³/mol. The van der Waals surface area contributed by atoms with E-state index in [1.807, 2.05) is 0 Å². The van der Waals surface area contributed by atoms with Gasteiger partial charge in [-0.2, -0.15) is 13.2 Å². The minimum absolute atomic E-state index is 0.0633. The molecule has 1 aromatic carbocycles. The number of benzene rings is 1. The molecule has 0 radical (unpaired) electrons. The first-order chi connectivity index (χ1) is 10.8. The lowest BCUT2D eigenvalue weighted by Crippen LogP contribution is -2.29. The molecule has 0 saturated carbocycles. The van der Waals surface area contributed by atoms with Crippen LogP contribution >= 0.6 is 0 Å². The number of para-hydroxylation sites is 1. The maximum Gasteiger partial charge on any atom is 0.418 e. The number of alkyl halides is 3. The minimum atomic E-state index is -4.53. The molecule has 0 aliphatic heterocycles. The van der Waals surface area contributed by atoms with E-state index in [0.717, 1.165) is 16.9 Å². The van der Waals surface area contributed by atoms with E-state index in [4.69, 9.17) is 5.73 Å². The second-order valence-electron chi connectivity index (χ2n) is 5.09. The molecule has 124 valence electrons. The summed E-state index contributed by atoms with van der Waals surface area (Å²) in [6.07, 6.45) is -2.79. The van der Waals surface area contributed by atoms with Crippen LogP contribution in [-0.4, -0.2) is 33.5 Å². The second-order valence-corrected chi connectivity index (χ2v) is 5.09. The van der Waals surface area contributed by atoms with Crippen LogP contribution in [0.25, 0.3) is 5.69 Å². The molecule has 1 heterocycles. The molecule has 6 nitrogen and oxygen atoms in total. The quantitative estimate of drug-likeness (QED) is 0.876. The number of nitrogens with two attached hydrogens (primary N) is 1. The fourth-order valence-electron chi connectivity index (χ4n) is 1.90. The van der Waals surface area contributed by atoms with Gasteiger partial charge in [-0.3, -0.25) is 4.79 Å². The highest BCUT2D eigenvalue weighted by Gasteiger charge is 2.34. The van der Waals surface area contributed by atoms with Gasteiger partial charge in [-0.25, -0.2) is 4.68 Å². The Hall–Kier alpha value is -2.42. The molecule has 1 atom stereocenters. The number of carbonyl (C=O) groups excluding carboxylic acids is 1. The molecule has 0 bridgehead atoms. The molecule has 3 N–H and O–H groups in total. The highest BCUT2D eigenvalue weighted by molar-refractivity contribution is 5.91. The molecule has 0 spiro atoms. The van der Waals surface area contributed by atoms with Gasteiger partial charge in [0.1, 0.15) is 0 Å². The Morgan fingerprint density at radius 1 is 1.39 bits per heavy atom. The smallest absolute Gasteiger partial charge is 0.351 e. The van der Waals surface area contributed by atoms with Gasteiger partial charge < -0.3 is 11.1 Å². The summed E-state index contributed by atoms with van der Waals surface area (Å²) in [6, 6.07) is 4.87. The number of carbonyl (C=O) groups is 1. The fourth-order valence-corrected chi connectivity index (χ4v) is 1.90. The first-order valence-corrected chi connectivity index (χ1v) is 6.91. The molecule has 0 saturated heterocycles.